The number of phenolic OH excluding ortho intramolecular Hbond substituents is 1. The van der Waals surface area contributed by atoms with E-state index in [1.54, 1.807) is 77.1 Å². The van der Waals surface area contributed by atoms with E-state index >= 15 is 0 Å². The van der Waals surface area contributed by atoms with Gasteiger partial charge in [-0.15, -0.1) is 0 Å². The summed E-state index contributed by atoms with van der Waals surface area (Å²) in [5.41, 5.74) is 4.77. The van der Waals surface area contributed by atoms with Gasteiger partial charge in [-0.1, -0.05) is 69.4 Å². The van der Waals surface area contributed by atoms with Crippen LogP contribution in [0, 0.1) is 24.7 Å². The van der Waals surface area contributed by atoms with E-state index in [1.165, 1.54) is 28.3 Å². The Morgan fingerprint density at radius 2 is 1.80 bits per heavy atom. The summed E-state index contributed by atoms with van der Waals surface area (Å²) in [6, 6.07) is 1.58. The molecule has 2 bridgehead atoms. The molecule has 2 fully saturated rings. The van der Waals surface area contributed by atoms with Gasteiger partial charge in [0, 0.05) is 44.3 Å². The molecular weight excluding hydrogens is 787 g/mol. The van der Waals surface area contributed by atoms with E-state index < -0.39 is 77.9 Å². The summed E-state index contributed by atoms with van der Waals surface area (Å²) >= 11 is 0. The highest BCUT2D eigenvalue weighted by Gasteiger charge is 2.38. The monoisotopic (exact) mass is 849 g/mol. The van der Waals surface area contributed by atoms with Crippen LogP contribution in [0.5, 0.6) is 5.75 Å². The van der Waals surface area contributed by atoms with Gasteiger partial charge in [-0.2, -0.15) is 0 Å². The molecule has 8 atom stereocenters. The topological polar surface area (TPSA) is 224 Å². The fourth-order valence-corrected chi connectivity index (χ4v) is 7.28. The zero-order valence-electron chi connectivity index (χ0n) is 35.8. The van der Waals surface area contributed by atoms with E-state index in [-0.39, 0.29) is 43.9 Å². The standard InChI is InChI=1S/C45H63N5O11/c1-28(2)40-43(57)46-35(26-32-21-20-29(3)37(53)27-32)44(58)49-22-12-16-34(48-49)45(59)61-38(30(4)14-11-19-39(54)50-23-9-10-25-60-50)18-8-6-7-17-36(52)31(5)41(55)33(15-13-24-51)42(56)47-40/h6-8,11,14,17,19-21,24,27-28,31,33-36,38,40-41,48,52-53,55H,9-10,12-13,15-16,18,22-23,25-26H2,1-5H3,(H,46,57)(H,47,56). The first-order chi connectivity index (χ1) is 29.1. The largest absolute Gasteiger partial charge is 0.508 e. The SMILES string of the molecule is CC(=CC=CC(=O)N1CCCCO1)C1CC=CC=CC(O)C(C)C(O)C(CCC=O)C(=O)NC(C(C)C)C(=O)NC(Cc2ccc(C)c(O)c2)C(=O)N2CCCC(N2)C(=O)O1. The molecule has 16 heteroatoms. The third-order valence-electron chi connectivity index (χ3n) is 11.3. The second kappa shape index (κ2) is 23.7. The van der Waals surface area contributed by atoms with Gasteiger partial charge in [-0.25, -0.2) is 10.5 Å². The van der Waals surface area contributed by atoms with Crippen LogP contribution in [0.2, 0.25) is 0 Å². The number of nitrogens with one attached hydrogen (secondary N) is 3. The molecule has 0 spiro atoms. The molecule has 16 nitrogen and oxygen atoms in total. The van der Waals surface area contributed by atoms with Crippen LogP contribution in [0.15, 0.2) is 66.3 Å². The number of phenols is 1. The molecule has 0 aliphatic carbocycles. The second-order valence-electron chi connectivity index (χ2n) is 16.3. The molecule has 334 valence electrons. The molecule has 0 saturated carbocycles. The van der Waals surface area contributed by atoms with E-state index in [9.17, 15) is 44.1 Å². The van der Waals surface area contributed by atoms with Crippen molar-refractivity contribution in [3.8, 4) is 5.75 Å². The first kappa shape index (κ1) is 48.5. The number of amides is 4. The lowest BCUT2D eigenvalue weighted by Crippen LogP contribution is -2.62. The summed E-state index contributed by atoms with van der Waals surface area (Å²) in [5, 5.41) is 41.1. The molecule has 3 aliphatic rings. The number of aliphatic hydroxyl groups excluding tert-OH is 2. The van der Waals surface area contributed by atoms with Crippen LogP contribution in [0.4, 0.5) is 0 Å². The molecular formula is C45H63N5O11. The predicted octanol–water partition coefficient (Wildman–Crippen LogP) is 2.80. The molecule has 1 aromatic rings. The van der Waals surface area contributed by atoms with E-state index in [0.717, 1.165) is 12.8 Å². The third kappa shape index (κ3) is 14.2. The minimum absolute atomic E-state index is 0.00234. The van der Waals surface area contributed by atoms with Crippen LogP contribution >= 0.6 is 0 Å². The molecule has 2 saturated heterocycles. The van der Waals surface area contributed by atoms with Crippen molar-refractivity contribution in [1.29, 1.82) is 0 Å². The molecule has 3 heterocycles. The maximum absolute atomic E-state index is 14.4. The Balaban J connectivity index is 1.70. The maximum atomic E-state index is 14.4. The third-order valence-corrected chi connectivity index (χ3v) is 11.3. The van der Waals surface area contributed by atoms with Crippen molar-refractivity contribution >= 4 is 35.9 Å². The Morgan fingerprint density at radius 1 is 1.03 bits per heavy atom. The van der Waals surface area contributed by atoms with Gasteiger partial charge in [0.15, 0.2) is 0 Å². The number of carbonyl (C=O) groups excluding carboxylic acids is 6. The van der Waals surface area contributed by atoms with Crippen molar-refractivity contribution in [3.63, 3.8) is 0 Å². The molecule has 8 unspecified atom stereocenters. The molecule has 3 aliphatic heterocycles. The smallest absolute Gasteiger partial charge is 0.325 e. The number of benzene rings is 1. The van der Waals surface area contributed by atoms with Gasteiger partial charge in [0.1, 0.15) is 36.3 Å². The quantitative estimate of drug-likeness (QED) is 0.0914. The number of hydroxylamine groups is 2. The van der Waals surface area contributed by atoms with Crippen LogP contribution in [0.1, 0.15) is 83.8 Å². The number of hydrazine groups is 1. The Hall–Kier alpha value is -5.16. The Kier molecular flexibility index (Phi) is 18.9. The summed E-state index contributed by atoms with van der Waals surface area (Å²) in [6.45, 7) is 9.61. The van der Waals surface area contributed by atoms with Gasteiger partial charge in [-0.05, 0) is 74.6 Å². The van der Waals surface area contributed by atoms with Crippen molar-refractivity contribution in [2.24, 2.45) is 17.8 Å². The molecule has 0 aromatic heterocycles. The van der Waals surface area contributed by atoms with Crippen LogP contribution < -0.4 is 16.1 Å². The van der Waals surface area contributed by atoms with Gasteiger partial charge < -0.3 is 35.5 Å². The van der Waals surface area contributed by atoms with Crippen LogP contribution in [0.25, 0.3) is 0 Å². The molecule has 0 radical (unpaired) electrons. The van der Waals surface area contributed by atoms with Gasteiger partial charge in [0.2, 0.25) is 11.8 Å². The fraction of sp³-hybridized carbons (Fsp3) is 0.556. The molecule has 6 N–H and O–H groups in total. The minimum atomic E-state index is -1.42. The zero-order valence-corrected chi connectivity index (χ0v) is 35.8. The van der Waals surface area contributed by atoms with Crippen molar-refractivity contribution < 1.29 is 53.7 Å². The number of aliphatic hydroxyl groups is 2. The zero-order chi connectivity index (χ0) is 44.6. The number of allylic oxidation sites excluding steroid dienone is 4. The lowest BCUT2D eigenvalue weighted by atomic mass is 9.84. The molecule has 4 amide bonds. The van der Waals surface area contributed by atoms with Crippen LogP contribution in [-0.4, -0.2) is 117 Å². The summed E-state index contributed by atoms with van der Waals surface area (Å²) < 4.78 is 6.05. The average Bonchev–Trinajstić information content (AvgIpc) is 3.25. The van der Waals surface area contributed by atoms with Gasteiger partial charge >= 0.3 is 5.97 Å². The highest BCUT2D eigenvalue weighted by molar-refractivity contribution is 5.93. The Labute approximate surface area is 358 Å². The van der Waals surface area contributed by atoms with Crippen molar-refractivity contribution in [3.05, 3.63) is 77.4 Å². The summed E-state index contributed by atoms with van der Waals surface area (Å²) in [5.74, 6) is -5.45. The summed E-state index contributed by atoms with van der Waals surface area (Å²) in [4.78, 5) is 85.7. The molecule has 1 aromatic carbocycles. The van der Waals surface area contributed by atoms with Gasteiger partial charge in [0.25, 0.3) is 11.8 Å². The predicted molar refractivity (Wildman–Crippen MR) is 226 cm³/mol. The number of hydrogen-bond acceptors (Lipinski definition) is 12. The number of hydrogen-bond donors (Lipinski definition) is 6. The van der Waals surface area contributed by atoms with E-state index in [4.69, 9.17) is 9.57 Å². The molecule has 4 rings (SSSR count). The fourth-order valence-electron chi connectivity index (χ4n) is 7.28. The lowest BCUT2D eigenvalue weighted by Gasteiger charge is -2.36. The Morgan fingerprint density at radius 3 is 2.49 bits per heavy atom. The van der Waals surface area contributed by atoms with Gasteiger partial charge in [-0.3, -0.25) is 33.8 Å². The van der Waals surface area contributed by atoms with E-state index in [2.05, 4.69) is 16.1 Å². The van der Waals surface area contributed by atoms with Crippen molar-refractivity contribution in [2.45, 2.75) is 122 Å². The minimum Gasteiger partial charge on any atom is -0.508 e. The van der Waals surface area contributed by atoms with Crippen molar-refractivity contribution in [1.82, 2.24) is 26.1 Å². The number of fused-ring (bicyclic) bond motifs is 2. The number of aromatic hydroxyl groups is 1. The number of cyclic esters (lactones) is 1. The number of esters is 1. The maximum Gasteiger partial charge on any atom is 0.325 e. The number of rotatable bonds is 9. The number of nitrogens with zero attached hydrogens (tertiary/aromatic N) is 2. The molecule has 61 heavy (non-hydrogen) atoms. The first-order valence-electron chi connectivity index (χ1n) is 21.2. The van der Waals surface area contributed by atoms with Gasteiger partial charge in [0.05, 0.1) is 24.7 Å². The van der Waals surface area contributed by atoms with Crippen LogP contribution in [-0.2, 0) is 44.8 Å². The Bertz CT molecular complexity index is 1820. The normalized spacial score (nSPS) is 28.2. The van der Waals surface area contributed by atoms with Crippen LogP contribution in [0.3, 0.4) is 0 Å². The number of ether oxygens (including phenoxy) is 1. The number of aldehydes is 1. The van der Waals surface area contributed by atoms with E-state index in [1.807, 2.05) is 0 Å². The summed E-state index contributed by atoms with van der Waals surface area (Å²) in [6.07, 6.45) is 10.7. The number of aryl methyl sites for hydroxylation is 1. The lowest BCUT2D eigenvalue weighted by molar-refractivity contribution is -0.191. The summed E-state index contributed by atoms with van der Waals surface area (Å²) in [7, 11) is 0. The first-order valence-corrected chi connectivity index (χ1v) is 21.2. The second-order valence-corrected chi connectivity index (χ2v) is 16.3. The highest BCUT2D eigenvalue weighted by atomic mass is 16.7. The highest BCUT2D eigenvalue weighted by Crippen LogP contribution is 2.24. The van der Waals surface area contributed by atoms with E-state index in [0.29, 0.717) is 49.0 Å². The van der Waals surface area contributed by atoms with Crippen molar-refractivity contribution in [2.75, 3.05) is 19.7 Å². The number of carbonyl (C=O) groups is 6. The average molecular weight is 850 g/mol.